The van der Waals surface area contributed by atoms with Crippen molar-refractivity contribution >= 4 is 11.6 Å². The van der Waals surface area contributed by atoms with E-state index in [1.54, 1.807) is 18.2 Å². The van der Waals surface area contributed by atoms with Crippen LogP contribution < -0.4 is 10.6 Å². The standard InChI is InChI=1S/C17H17FN2O/c18-14-8-4-5-9-15(14)20-16-11-13(19-17(16)21)10-12-6-2-1-3-7-12/h1-9,13,16,20H,10-11H2,(H,19,21)/t13-,16?/m0/s1. The van der Waals surface area contributed by atoms with Crippen molar-refractivity contribution in [2.75, 3.05) is 5.32 Å². The number of carbonyl (C=O) groups excluding carboxylic acids is 1. The fraction of sp³-hybridized carbons (Fsp3) is 0.235. The van der Waals surface area contributed by atoms with E-state index in [1.807, 2.05) is 30.3 Å². The van der Waals surface area contributed by atoms with Crippen LogP contribution in [-0.4, -0.2) is 18.0 Å². The minimum atomic E-state index is -0.379. The molecule has 2 atom stereocenters. The highest BCUT2D eigenvalue weighted by Crippen LogP contribution is 2.20. The van der Waals surface area contributed by atoms with Crippen LogP contribution in [0.2, 0.25) is 0 Å². The van der Waals surface area contributed by atoms with Crippen molar-refractivity contribution in [3.8, 4) is 0 Å². The summed E-state index contributed by atoms with van der Waals surface area (Å²) < 4.78 is 13.6. The van der Waals surface area contributed by atoms with Gasteiger partial charge in [0.25, 0.3) is 0 Å². The first-order valence-electron chi connectivity index (χ1n) is 7.08. The average molecular weight is 284 g/mol. The predicted molar refractivity (Wildman–Crippen MR) is 80.5 cm³/mol. The Morgan fingerprint density at radius 1 is 1.10 bits per heavy atom. The molecule has 0 bridgehead atoms. The van der Waals surface area contributed by atoms with Gasteiger partial charge in [0, 0.05) is 6.04 Å². The van der Waals surface area contributed by atoms with Crippen LogP contribution in [0.4, 0.5) is 10.1 Å². The maximum absolute atomic E-state index is 13.6. The fourth-order valence-corrected chi connectivity index (χ4v) is 2.68. The first kappa shape index (κ1) is 13.6. The largest absolute Gasteiger partial charge is 0.371 e. The molecule has 0 aromatic heterocycles. The minimum absolute atomic E-state index is 0.0702. The highest BCUT2D eigenvalue weighted by molar-refractivity contribution is 5.87. The molecule has 1 fully saturated rings. The quantitative estimate of drug-likeness (QED) is 0.906. The van der Waals surface area contributed by atoms with E-state index < -0.39 is 0 Å². The van der Waals surface area contributed by atoms with Crippen molar-refractivity contribution < 1.29 is 9.18 Å². The molecule has 0 saturated carbocycles. The number of benzene rings is 2. The zero-order chi connectivity index (χ0) is 14.7. The van der Waals surface area contributed by atoms with Gasteiger partial charge < -0.3 is 10.6 Å². The van der Waals surface area contributed by atoms with E-state index in [-0.39, 0.29) is 23.8 Å². The smallest absolute Gasteiger partial charge is 0.242 e. The van der Waals surface area contributed by atoms with Crippen molar-refractivity contribution in [1.29, 1.82) is 0 Å². The second kappa shape index (κ2) is 5.95. The van der Waals surface area contributed by atoms with Crippen LogP contribution in [0.25, 0.3) is 0 Å². The van der Waals surface area contributed by atoms with E-state index in [4.69, 9.17) is 0 Å². The van der Waals surface area contributed by atoms with Crippen LogP contribution in [0, 0.1) is 5.82 Å². The van der Waals surface area contributed by atoms with Crippen LogP contribution in [0.3, 0.4) is 0 Å². The molecule has 1 heterocycles. The summed E-state index contributed by atoms with van der Waals surface area (Å²) in [5, 5.41) is 5.96. The van der Waals surface area contributed by atoms with Gasteiger partial charge in [0.05, 0.1) is 5.69 Å². The molecule has 4 heteroatoms. The first-order chi connectivity index (χ1) is 10.2. The molecule has 2 N–H and O–H groups in total. The lowest BCUT2D eigenvalue weighted by Crippen LogP contribution is -2.31. The number of carbonyl (C=O) groups is 1. The van der Waals surface area contributed by atoms with Gasteiger partial charge in [-0.2, -0.15) is 0 Å². The normalized spacial score (nSPS) is 21.1. The lowest BCUT2D eigenvalue weighted by molar-refractivity contribution is -0.120. The van der Waals surface area contributed by atoms with Gasteiger partial charge in [0.1, 0.15) is 11.9 Å². The summed E-state index contributed by atoms with van der Waals surface area (Å²) in [4.78, 5) is 12.0. The molecule has 0 spiro atoms. The van der Waals surface area contributed by atoms with E-state index in [0.29, 0.717) is 12.1 Å². The van der Waals surface area contributed by atoms with E-state index in [9.17, 15) is 9.18 Å². The number of nitrogens with one attached hydrogen (secondary N) is 2. The van der Waals surface area contributed by atoms with Crippen LogP contribution in [0.1, 0.15) is 12.0 Å². The Labute approximate surface area is 123 Å². The Balaban J connectivity index is 1.64. The number of amides is 1. The minimum Gasteiger partial charge on any atom is -0.371 e. The van der Waals surface area contributed by atoms with Crippen LogP contribution in [-0.2, 0) is 11.2 Å². The molecule has 2 aromatic carbocycles. The van der Waals surface area contributed by atoms with Gasteiger partial charge in [-0.15, -0.1) is 0 Å². The first-order valence-corrected chi connectivity index (χ1v) is 7.08. The van der Waals surface area contributed by atoms with Crippen LogP contribution in [0.5, 0.6) is 0 Å². The fourth-order valence-electron chi connectivity index (χ4n) is 2.68. The molecule has 1 aliphatic rings. The molecule has 3 rings (SSSR count). The van der Waals surface area contributed by atoms with Crippen LogP contribution >= 0.6 is 0 Å². The lowest BCUT2D eigenvalue weighted by atomic mass is 10.0. The third-order valence-electron chi connectivity index (χ3n) is 3.71. The molecular formula is C17H17FN2O. The molecule has 1 amide bonds. The van der Waals surface area contributed by atoms with Gasteiger partial charge in [-0.3, -0.25) is 4.79 Å². The molecule has 1 aliphatic heterocycles. The highest BCUT2D eigenvalue weighted by Gasteiger charge is 2.32. The molecule has 108 valence electrons. The summed E-state index contributed by atoms with van der Waals surface area (Å²) in [5.41, 5.74) is 1.56. The Kier molecular flexibility index (Phi) is 3.86. The maximum Gasteiger partial charge on any atom is 0.242 e. The van der Waals surface area contributed by atoms with Crippen molar-refractivity contribution in [3.63, 3.8) is 0 Å². The van der Waals surface area contributed by atoms with Gasteiger partial charge in [-0.25, -0.2) is 4.39 Å². The molecular weight excluding hydrogens is 267 g/mol. The Morgan fingerprint density at radius 2 is 1.81 bits per heavy atom. The molecule has 1 unspecified atom stereocenters. The average Bonchev–Trinajstić information content (AvgIpc) is 2.82. The van der Waals surface area contributed by atoms with Crippen molar-refractivity contribution in [2.45, 2.75) is 24.9 Å². The zero-order valence-corrected chi connectivity index (χ0v) is 11.6. The highest BCUT2D eigenvalue weighted by atomic mass is 19.1. The molecule has 0 aliphatic carbocycles. The third kappa shape index (κ3) is 3.21. The monoisotopic (exact) mass is 284 g/mol. The number of halogens is 1. The SMILES string of the molecule is O=C1N[C@@H](Cc2ccccc2)CC1Nc1ccccc1F. The number of rotatable bonds is 4. The third-order valence-corrected chi connectivity index (χ3v) is 3.71. The van der Waals surface area contributed by atoms with E-state index in [2.05, 4.69) is 10.6 Å². The van der Waals surface area contributed by atoms with E-state index in [1.165, 1.54) is 11.6 Å². The molecule has 2 aromatic rings. The van der Waals surface area contributed by atoms with Crippen molar-refractivity contribution in [2.24, 2.45) is 0 Å². The Morgan fingerprint density at radius 3 is 2.57 bits per heavy atom. The van der Waals surface area contributed by atoms with E-state index >= 15 is 0 Å². The topological polar surface area (TPSA) is 41.1 Å². The number of hydrogen-bond acceptors (Lipinski definition) is 2. The van der Waals surface area contributed by atoms with Crippen LogP contribution in [0.15, 0.2) is 54.6 Å². The zero-order valence-electron chi connectivity index (χ0n) is 11.6. The molecule has 3 nitrogen and oxygen atoms in total. The Hall–Kier alpha value is -2.36. The lowest BCUT2D eigenvalue weighted by Gasteiger charge is -2.12. The van der Waals surface area contributed by atoms with Crippen molar-refractivity contribution in [1.82, 2.24) is 5.32 Å². The summed E-state index contributed by atoms with van der Waals surface area (Å²) in [6.45, 7) is 0. The summed E-state index contributed by atoms with van der Waals surface area (Å²) >= 11 is 0. The number of para-hydroxylation sites is 1. The maximum atomic E-state index is 13.6. The van der Waals surface area contributed by atoms with Gasteiger partial charge in [0.15, 0.2) is 0 Å². The van der Waals surface area contributed by atoms with Gasteiger partial charge >= 0.3 is 0 Å². The molecule has 1 saturated heterocycles. The summed E-state index contributed by atoms with van der Waals surface area (Å²) in [5.74, 6) is -0.406. The van der Waals surface area contributed by atoms with Gasteiger partial charge in [0.2, 0.25) is 5.91 Å². The van der Waals surface area contributed by atoms with Gasteiger partial charge in [-0.1, -0.05) is 42.5 Å². The number of anilines is 1. The van der Waals surface area contributed by atoms with Gasteiger partial charge in [-0.05, 0) is 30.5 Å². The second-order valence-corrected chi connectivity index (χ2v) is 5.31. The Bertz CT molecular complexity index is 630. The summed E-state index contributed by atoms with van der Waals surface area (Å²) in [6.07, 6.45) is 1.45. The molecule has 0 radical (unpaired) electrons. The predicted octanol–water partition coefficient (Wildman–Crippen LogP) is 2.74. The molecule has 21 heavy (non-hydrogen) atoms. The summed E-state index contributed by atoms with van der Waals surface area (Å²) in [6, 6.07) is 16.2. The van der Waals surface area contributed by atoms with E-state index in [0.717, 1.165) is 6.42 Å². The summed E-state index contributed by atoms with van der Waals surface area (Å²) in [7, 11) is 0. The number of hydrogen-bond donors (Lipinski definition) is 2. The van der Waals surface area contributed by atoms with Crippen molar-refractivity contribution in [3.05, 3.63) is 66.0 Å². The second-order valence-electron chi connectivity index (χ2n) is 5.31.